The van der Waals surface area contributed by atoms with Gasteiger partial charge in [-0.1, -0.05) is 0 Å². The third kappa shape index (κ3) is 3.83. The van der Waals surface area contributed by atoms with Gasteiger partial charge < -0.3 is 14.4 Å². The fraction of sp³-hybridized carbons (Fsp3) is 0.385. The van der Waals surface area contributed by atoms with E-state index in [2.05, 4.69) is 5.32 Å². The van der Waals surface area contributed by atoms with Crippen LogP contribution in [0.3, 0.4) is 0 Å². The zero-order chi connectivity index (χ0) is 27.2. The van der Waals surface area contributed by atoms with Crippen molar-refractivity contribution in [3.05, 3.63) is 58.1 Å². The van der Waals surface area contributed by atoms with Gasteiger partial charge in [0.05, 0.1) is 36.3 Å². The van der Waals surface area contributed by atoms with E-state index < -0.39 is 46.1 Å². The SMILES string of the molecule is CCOC(=O)[C@@H]1CCN2c3ccc([N+](=O)[O-])cc3C[C@@]3(C(=O)NC(=O)N(c4ccc(OC)cc4)C3=O)[C@H]2C1. The number of benzene rings is 2. The van der Waals surface area contributed by atoms with Crippen LogP contribution in [-0.4, -0.2) is 55.0 Å². The maximum Gasteiger partial charge on any atom is 0.335 e. The van der Waals surface area contributed by atoms with Gasteiger partial charge in [0.15, 0.2) is 5.41 Å². The van der Waals surface area contributed by atoms with Gasteiger partial charge >= 0.3 is 12.0 Å². The van der Waals surface area contributed by atoms with Crippen molar-refractivity contribution in [1.29, 1.82) is 0 Å². The lowest BCUT2D eigenvalue weighted by Crippen LogP contribution is -2.73. The summed E-state index contributed by atoms with van der Waals surface area (Å²) in [7, 11) is 1.48. The van der Waals surface area contributed by atoms with Crippen LogP contribution >= 0.6 is 0 Å². The summed E-state index contributed by atoms with van der Waals surface area (Å²) in [4.78, 5) is 67.4. The quantitative estimate of drug-likeness (QED) is 0.271. The average Bonchev–Trinajstić information content (AvgIpc) is 2.91. The first-order chi connectivity index (χ1) is 18.2. The molecule has 0 unspecified atom stereocenters. The number of nitrogens with one attached hydrogen (secondary N) is 1. The molecule has 2 aromatic rings. The molecule has 3 atom stereocenters. The second kappa shape index (κ2) is 9.43. The van der Waals surface area contributed by atoms with E-state index in [1.165, 1.54) is 31.4 Å². The Morgan fingerprint density at radius 2 is 1.92 bits per heavy atom. The van der Waals surface area contributed by atoms with Crippen molar-refractivity contribution in [2.24, 2.45) is 11.3 Å². The molecule has 3 aliphatic heterocycles. The van der Waals surface area contributed by atoms with Gasteiger partial charge in [-0.25, -0.2) is 9.69 Å². The highest BCUT2D eigenvalue weighted by molar-refractivity contribution is 6.30. The molecule has 1 N–H and O–H groups in total. The first kappa shape index (κ1) is 25.2. The molecule has 0 aliphatic carbocycles. The molecular weight excluding hydrogens is 496 g/mol. The number of non-ortho nitro benzene ring substituents is 1. The largest absolute Gasteiger partial charge is 0.497 e. The van der Waals surface area contributed by atoms with Gasteiger partial charge in [-0.3, -0.25) is 29.8 Å². The molecule has 2 fully saturated rings. The fourth-order valence-electron chi connectivity index (χ4n) is 5.79. The molecule has 38 heavy (non-hydrogen) atoms. The summed E-state index contributed by atoms with van der Waals surface area (Å²) in [6.07, 6.45) is 0.378. The second-order valence-electron chi connectivity index (χ2n) is 9.50. The number of fused-ring (bicyclic) bond motifs is 4. The lowest BCUT2D eigenvalue weighted by molar-refractivity contribution is -0.384. The summed E-state index contributed by atoms with van der Waals surface area (Å²) in [6, 6.07) is 8.88. The number of hydrogen-bond donors (Lipinski definition) is 1. The van der Waals surface area contributed by atoms with Gasteiger partial charge in [0.1, 0.15) is 5.75 Å². The summed E-state index contributed by atoms with van der Waals surface area (Å²) in [6.45, 7) is 2.22. The number of piperidine rings is 1. The van der Waals surface area contributed by atoms with Crippen LogP contribution in [0, 0.1) is 21.4 Å². The van der Waals surface area contributed by atoms with Crippen molar-refractivity contribution in [2.45, 2.75) is 32.2 Å². The molecule has 3 heterocycles. The first-order valence-corrected chi connectivity index (χ1v) is 12.3. The lowest BCUT2D eigenvalue weighted by Gasteiger charge is -2.54. The number of ether oxygens (including phenoxy) is 2. The number of esters is 1. The topological polar surface area (TPSA) is 148 Å². The number of carbonyl (C=O) groups is 4. The number of barbiturate groups is 1. The molecule has 198 valence electrons. The molecule has 12 nitrogen and oxygen atoms in total. The van der Waals surface area contributed by atoms with Gasteiger partial charge in [-0.15, -0.1) is 0 Å². The lowest BCUT2D eigenvalue weighted by atomic mass is 9.64. The number of nitro groups is 1. The minimum atomic E-state index is -1.82. The summed E-state index contributed by atoms with van der Waals surface area (Å²) in [5, 5.41) is 13.8. The van der Waals surface area contributed by atoms with Crippen LogP contribution < -0.4 is 19.9 Å². The molecule has 1 spiro atoms. The van der Waals surface area contributed by atoms with Gasteiger partial charge in [-0.2, -0.15) is 0 Å². The Kier molecular flexibility index (Phi) is 6.25. The van der Waals surface area contributed by atoms with Crippen LogP contribution in [0.15, 0.2) is 42.5 Å². The Morgan fingerprint density at radius 3 is 2.58 bits per heavy atom. The van der Waals surface area contributed by atoms with Crippen LogP contribution in [0.1, 0.15) is 25.3 Å². The number of amides is 4. The van der Waals surface area contributed by atoms with Crippen LogP contribution in [-0.2, 0) is 25.5 Å². The smallest absolute Gasteiger partial charge is 0.335 e. The van der Waals surface area contributed by atoms with E-state index in [0.29, 0.717) is 30.0 Å². The third-order valence-corrected chi connectivity index (χ3v) is 7.59. The van der Waals surface area contributed by atoms with E-state index in [1.54, 1.807) is 25.1 Å². The van der Waals surface area contributed by atoms with Crippen molar-refractivity contribution in [3.8, 4) is 5.75 Å². The van der Waals surface area contributed by atoms with E-state index >= 15 is 0 Å². The number of carbonyl (C=O) groups excluding carboxylic acids is 4. The normalized spacial score (nSPS) is 24.4. The number of nitrogens with zero attached hydrogens (tertiary/aromatic N) is 3. The summed E-state index contributed by atoms with van der Waals surface area (Å²) < 4.78 is 10.4. The molecule has 12 heteroatoms. The Morgan fingerprint density at radius 1 is 1.18 bits per heavy atom. The highest BCUT2D eigenvalue weighted by atomic mass is 16.6. The summed E-state index contributed by atoms with van der Waals surface area (Å²) >= 11 is 0. The van der Waals surface area contributed by atoms with Crippen molar-refractivity contribution < 1.29 is 33.6 Å². The standard InChI is InChI=1S/C26H26N4O8/c1-3-38-22(31)15-10-11-28-20-9-6-18(30(35)36)12-16(20)14-26(21(28)13-15)23(32)27-25(34)29(24(26)33)17-4-7-19(37-2)8-5-17/h4-9,12,15,21H,3,10-11,13-14H2,1-2H3,(H,27,32,34)/t15-,21-,26+/m1/s1. The molecule has 2 aromatic carbocycles. The molecule has 2 saturated heterocycles. The number of imide groups is 2. The fourth-order valence-corrected chi connectivity index (χ4v) is 5.79. The first-order valence-electron chi connectivity index (χ1n) is 12.3. The number of methoxy groups -OCH3 is 1. The van der Waals surface area contributed by atoms with E-state index in [0.717, 1.165) is 4.90 Å². The molecule has 4 amide bonds. The van der Waals surface area contributed by atoms with Crippen LogP contribution in [0.4, 0.5) is 21.9 Å². The van der Waals surface area contributed by atoms with Gasteiger partial charge in [0.2, 0.25) is 5.91 Å². The minimum absolute atomic E-state index is 0.138. The van der Waals surface area contributed by atoms with Crippen molar-refractivity contribution >= 4 is 40.9 Å². The average molecular weight is 523 g/mol. The molecule has 0 aromatic heterocycles. The summed E-state index contributed by atoms with van der Waals surface area (Å²) in [5.74, 6) is -2.01. The van der Waals surface area contributed by atoms with E-state index in [1.807, 2.05) is 4.90 Å². The van der Waals surface area contributed by atoms with E-state index in [4.69, 9.17) is 9.47 Å². The maximum absolute atomic E-state index is 14.3. The Labute approximate surface area is 217 Å². The van der Waals surface area contributed by atoms with Crippen LogP contribution in [0.2, 0.25) is 0 Å². The minimum Gasteiger partial charge on any atom is -0.497 e. The summed E-state index contributed by atoms with van der Waals surface area (Å²) in [5.41, 5.74) is -0.666. The number of hydrogen-bond acceptors (Lipinski definition) is 9. The highest BCUT2D eigenvalue weighted by Crippen LogP contribution is 2.49. The van der Waals surface area contributed by atoms with E-state index in [-0.39, 0.29) is 30.8 Å². The van der Waals surface area contributed by atoms with Crippen molar-refractivity contribution in [1.82, 2.24) is 5.32 Å². The number of nitro benzene ring substituents is 1. The third-order valence-electron chi connectivity index (χ3n) is 7.59. The Bertz CT molecular complexity index is 1340. The Balaban J connectivity index is 1.64. The molecular formula is C26H26N4O8. The highest BCUT2D eigenvalue weighted by Gasteiger charge is 2.63. The Hall–Kier alpha value is -4.48. The predicted octanol–water partition coefficient (Wildman–Crippen LogP) is 2.58. The zero-order valence-corrected chi connectivity index (χ0v) is 20.8. The number of rotatable bonds is 5. The molecule has 5 rings (SSSR count). The van der Waals surface area contributed by atoms with Gasteiger partial charge in [0.25, 0.3) is 11.6 Å². The van der Waals surface area contributed by atoms with Gasteiger partial charge in [-0.05, 0) is 55.7 Å². The molecule has 0 radical (unpaired) electrons. The molecule has 3 aliphatic rings. The maximum atomic E-state index is 14.3. The van der Waals surface area contributed by atoms with Crippen molar-refractivity contribution in [2.75, 3.05) is 30.1 Å². The second-order valence-corrected chi connectivity index (χ2v) is 9.50. The van der Waals surface area contributed by atoms with Crippen LogP contribution in [0.5, 0.6) is 5.75 Å². The van der Waals surface area contributed by atoms with Crippen LogP contribution in [0.25, 0.3) is 0 Å². The predicted molar refractivity (Wildman–Crippen MR) is 134 cm³/mol. The van der Waals surface area contributed by atoms with Gasteiger partial charge in [0, 0.05) is 30.8 Å². The monoisotopic (exact) mass is 522 g/mol. The van der Waals surface area contributed by atoms with E-state index in [9.17, 15) is 29.3 Å². The molecule has 0 saturated carbocycles. The zero-order valence-electron chi connectivity index (χ0n) is 20.8. The number of anilines is 2. The van der Waals surface area contributed by atoms with Crippen molar-refractivity contribution in [3.63, 3.8) is 0 Å². The number of urea groups is 1. The molecule has 0 bridgehead atoms.